The van der Waals surface area contributed by atoms with E-state index in [4.69, 9.17) is 4.74 Å². The summed E-state index contributed by atoms with van der Waals surface area (Å²) in [5, 5.41) is 17.1. The van der Waals surface area contributed by atoms with E-state index in [1.54, 1.807) is 20.8 Å². The van der Waals surface area contributed by atoms with E-state index in [2.05, 4.69) is 16.9 Å². The van der Waals surface area contributed by atoms with E-state index in [-0.39, 0.29) is 18.3 Å². The molecule has 0 fully saturated rings. The smallest absolute Gasteiger partial charge is 0.361 e. The molecule has 0 aliphatic carbocycles. The number of aliphatic hydroxyl groups excluding tert-OH is 1. The highest BCUT2D eigenvalue weighted by atomic mass is 16.5. The Hall–Kier alpha value is -1.69. The minimum Gasteiger partial charge on any atom is -0.457 e. The van der Waals surface area contributed by atoms with Gasteiger partial charge in [0.1, 0.15) is 6.61 Å². The summed E-state index contributed by atoms with van der Waals surface area (Å²) < 4.78 is 6.39. The summed E-state index contributed by atoms with van der Waals surface area (Å²) >= 11 is 0. The molecule has 0 amide bonds. The topological polar surface area (TPSA) is 77.2 Å². The van der Waals surface area contributed by atoms with Gasteiger partial charge < -0.3 is 9.84 Å². The molecule has 1 N–H and O–H groups in total. The molecule has 17 heavy (non-hydrogen) atoms. The predicted molar refractivity (Wildman–Crippen MR) is 61.6 cm³/mol. The van der Waals surface area contributed by atoms with Gasteiger partial charge in [-0.2, -0.15) is 0 Å². The molecule has 0 radical (unpaired) electrons. The zero-order valence-corrected chi connectivity index (χ0v) is 10.3. The molecule has 0 saturated heterocycles. The van der Waals surface area contributed by atoms with Crippen molar-refractivity contribution in [2.45, 2.75) is 32.9 Å². The first-order chi connectivity index (χ1) is 7.99. The number of nitrogens with zero attached hydrogens (tertiary/aromatic N) is 3. The lowest BCUT2D eigenvalue weighted by Gasteiger charge is -2.15. The van der Waals surface area contributed by atoms with Crippen LogP contribution >= 0.6 is 0 Å². The fourth-order valence-corrected chi connectivity index (χ4v) is 1.32. The number of hydrogen-bond donors (Lipinski definition) is 1. The molecule has 0 aromatic carbocycles. The van der Waals surface area contributed by atoms with Crippen molar-refractivity contribution in [2.75, 3.05) is 6.61 Å². The molecule has 1 aromatic rings. The van der Waals surface area contributed by atoms with E-state index in [1.165, 1.54) is 10.8 Å². The average Bonchev–Trinajstić information content (AvgIpc) is 2.66. The molecule has 1 rings (SSSR count). The minimum absolute atomic E-state index is 0.136. The molecule has 1 aromatic heterocycles. The number of esters is 1. The van der Waals surface area contributed by atoms with E-state index >= 15 is 0 Å². The first-order valence-corrected chi connectivity index (χ1v) is 5.37. The van der Waals surface area contributed by atoms with Crippen molar-refractivity contribution >= 4 is 5.97 Å². The van der Waals surface area contributed by atoms with Gasteiger partial charge in [-0.25, -0.2) is 9.48 Å². The Kier molecular flexibility index (Phi) is 4.39. The molecule has 0 aliphatic rings. The summed E-state index contributed by atoms with van der Waals surface area (Å²) in [5.74, 6) is -0.536. The summed E-state index contributed by atoms with van der Waals surface area (Å²) in [7, 11) is 0. The van der Waals surface area contributed by atoms with Crippen molar-refractivity contribution in [3.05, 3.63) is 24.0 Å². The largest absolute Gasteiger partial charge is 0.457 e. The Morgan fingerprint density at radius 3 is 2.82 bits per heavy atom. The highest BCUT2D eigenvalue weighted by Gasteiger charge is 2.22. The highest BCUT2D eigenvalue weighted by Crippen LogP contribution is 2.14. The SMILES string of the molecule is C=CCOC(=O)c1nnn(C(C)C(C)O)c1C. The molecule has 0 aliphatic heterocycles. The lowest BCUT2D eigenvalue weighted by molar-refractivity contribution is 0.0541. The van der Waals surface area contributed by atoms with Crippen molar-refractivity contribution in [2.24, 2.45) is 0 Å². The number of aliphatic hydroxyl groups is 1. The third-order valence-corrected chi connectivity index (χ3v) is 2.54. The van der Waals surface area contributed by atoms with E-state index < -0.39 is 12.1 Å². The van der Waals surface area contributed by atoms with Crippen molar-refractivity contribution < 1.29 is 14.6 Å². The quantitative estimate of drug-likeness (QED) is 0.609. The second-order valence-corrected chi connectivity index (χ2v) is 3.84. The molecular weight excluding hydrogens is 222 g/mol. The lowest BCUT2D eigenvalue weighted by atomic mass is 10.2. The maximum Gasteiger partial charge on any atom is 0.361 e. The van der Waals surface area contributed by atoms with Crippen LogP contribution in [0.3, 0.4) is 0 Å². The third kappa shape index (κ3) is 2.91. The van der Waals surface area contributed by atoms with Crippen LogP contribution in [-0.4, -0.2) is 38.8 Å². The molecule has 2 atom stereocenters. The standard InChI is InChI=1S/C11H17N3O3/c1-5-6-17-11(16)10-8(3)14(13-12-10)7(2)9(4)15/h5,7,9,15H,1,6H2,2-4H3. The van der Waals surface area contributed by atoms with Crippen LogP contribution in [-0.2, 0) is 4.74 Å². The molecule has 0 saturated carbocycles. The van der Waals surface area contributed by atoms with Gasteiger partial charge in [0.25, 0.3) is 0 Å². The summed E-state index contributed by atoms with van der Waals surface area (Å²) in [6.07, 6.45) is 0.906. The highest BCUT2D eigenvalue weighted by molar-refractivity contribution is 5.88. The van der Waals surface area contributed by atoms with Gasteiger partial charge in [0.15, 0.2) is 5.69 Å². The van der Waals surface area contributed by atoms with Crippen LogP contribution in [0.5, 0.6) is 0 Å². The summed E-state index contributed by atoms with van der Waals surface area (Å²) in [5.41, 5.74) is 0.742. The Bertz CT molecular complexity index is 412. The van der Waals surface area contributed by atoms with Crippen LogP contribution in [0, 0.1) is 6.92 Å². The van der Waals surface area contributed by atoms with Crippen LogP contribution in [0.15, 0.2) is 12.7 Å². The number of carbonyl (C=O) groups is 1. The number of hydrogen-bond acceptors (Lipinski definition) is 5. The molecular formula is C11H17N3O3. The van der Waals surface area contributed by atoms with Gasteiger partial charge in [-0.3, -0.25) is 0 Å². The Morgan fingerprint density at radius 2 is 2.29 bits per heavy atom. The first-order valence-electron chi connectivity index (χ1n) is 5.37. The van der Waals surface area contributed by atoms with Crippen LogP contribution in [0.4, 0.5) is 0 Å². The van der Waals surface area contributed by atoms with Gasteiger partial charge in [-0.05, 0) is 20.8 Å². The van der Waals surface area contributed by atoms with Crippen molar-refractivity contribution in [3.8, 4) is 0 Å². The monoisotopic (exact) mass is 239 g/mol. The van der Waals surface area contributed by atoms with Gasteiger partial charge in [-0.15, -0.1) is 5.10 Å². The predicted octanol–water partition coefficient (Wildman–Crippen LogP) is 0.871. The molecule has 1 heterocycles. The van der Waals surface area contributed by atoms with Crippen molar-refractivity contribution in [3.63, 3.8) is 0 Å². The van der Waals surface area contributed by atoms with E-state index in [9.17, 15) is 9.90 Å². The van der Waals surface area contributed by atoms with Gasteiger partial charge in [-0.1, -0.05) is 17.9 Å². The molecule has 0 bridgehead atoms. The summed E-state index contributed by atoms with van der Waals surface area (Å²) in [4.78, 5) is 11.6. The molecule has 2 unspecified atom stereocenters. The zero-order chi connectivity index (χ0) is 13.0. The van der Waals surface area contributed by atoms with Gasteiger partial charge >= 0.3 is 5.97 Å². The second kappa shape index (κ2) is 5.58. The maximum absolute atomic E-state index is 11.6. The van der Waals surface area contributed by atoms with Gasteiger partial charge in [0.2, 0.25) is 0 Å². The fourth-order valence-electron chi connectivity index (χ4n) is 1.32. The van der Waals surface area contributed by atoms with E-state index in [1.807, 2.05) is 0 Å². The molecule has 6 nitrogen and oxygen atoms in total. The number of carbonyl (C=O) groups excluding carboxylic acids is 1. The maximum atomic E-state index is 11.6. The molecule has 6 heteroatoms. The molecule has 0 spiro atoms. The second-order valence-electron chi connectivity index (χ2n) is 3.84. The number of ether oxygens (including phenoxy) is 1. The van der Waals surface area contributed by atoms with Crippen LogP contribution in [0.2, 0.25) is 0 Å². The lowest BCUT2D eigenvalue weighted by Crippen LogP contribution is -2.20. The molecule has 94 valence electrons. The Morgan fingerprint density at radius 1 is 1.65 bits per heavy atom. The minimum atomic E-state index is -0.576. The van der Waals surface area contributed by atoms with E-state index in [0.29, 0.717) is 5.69 Å². The van der Waals surface area contributed by atoms with Crippen LogP contribution in [0.1, 0.15) is 36.1 Å². The normalized spacial score (nSPS) is 14.1. The van der Waals surface area contributed by atoms with Crippen molar-refractivity contribution in [1.82, 2.24) is 15.0 Å². The van der Waals surface area contributed by atoms with Crippen molar-refractivity contribution in [1.29, 1.82) is 0 Å². The Balaban J connectivity index is 2.90. The van der Waals surface area contributed by atoms with Crippen LogP contribution in [0.25, 0.3) is 0 Å². The third-order valence-electron chi connectivity index (χ3n) is 2.54. The summed E-state index contributed by atoms with van der Waals surface area (Å²) in [6.45, 7) is 8.75. The average molecular weight is 239 g/mol. The fraction of sp³-hybridized carbons (Fsp3) is 0.545. The zero-order valence-electron chi connectivity index (χ0n) is 10.3. The van der Waals surface area contributed by atoms with E-state index in [0.717, 1.165) is 0 Å². The summed E-state index contributed by atoms with van der Waals surface area (Å²) in [6, 6.07) is -0.247. The Labute approximate surface area is 99.9 Å². The first kappa shape index (κ1) is 13.4. The number of rotatable bonds is 5. The van der Waals surface area contributed by atoms with Gasteiger partial charge in [0, 0.05) is 0 Å². The van der Waals surface area contributed by atoms with Gasteiger partial charge in [0.05, 0.1) is 17.8 Å². The van der Waals surface area contributed by atoms with Crippen LogP contribution < -0.4 is 0 Å². The number of aromatic nitrogens is 3.